The van der Waals surface area contributed by atoms with Crippen LogP contribution in [0.2, 0.25) is 0 Å². The number of nitrogens with one attached hydrogen (secondary N) is 2. The van der Waals surface area contributed by atoms with Crippen molar-refractivity contribution in [3.8, 4) is 0 Å². The van der Waals surface area contributed by atoms with E-state index in [1.165, 1.54) is 26.7 Å². The quantitative estimate of drug-likeness (QED) is 0.0160. The second-order valence-corrected chi connectivity index (χ2v) is 21.7. The van der Waals surface area contributed by atoms with Gasteiger partial charge in [0.15, 0.2) is 28.6 Å². The minimum absolute atomic E-state index is 0.0260. The summed E-state index contributed by atoms with van der Waals surface area (Å²) < 4.78 is 62.4. The van der Waals surface area contributed by atoms with E-state index in [-0.39, 0.29) is 47.4 Å². The molecule has 0 aliphatic carbocycles. The first-order chi connectivity index (χ1) is 32.9. The molecule has 2 aromatic rings. The predicted molar refractivity (Wildman–Crippen MR) is 256 cm³/mol. The fraction of sp³-hybridized carbons (Fsp3) is 0.585. The molecule has 29 heteroatoms. The van der Waals surface area contributed by atoms with Gasteiger partial charge in [-0.15, -0.1) is 0 Å². The Morgan fingerprint density at radius 3 is 2.37 bits per heavy atom. The Morgan fingerprint density at radius 1 is 0.929 bits per heavy atom. The summed E-state index contributed by atoms with van der Waals surface area (Å²) in [5, 5.41) is 26.5. The molecule has 0 aromatic carbocycles. The Labute approximate surface area is 409 Å². The zero-order valence-corrected chi connectivity index (χ0v) is 42.5. The van der Waals surface area contributed by atoms with Crippen LogP contribution in [-0.2, 0) is 55.5 Å². The molecule has 0 saturated carbocycles. The number of aromatic nitrogens is 4. The molecule has 25 nitrogen and oxygen atoms in total. The lowest BCUT2D eigenvalue weighted by Crippen LogP contribution is -2.46. The number of anilines is 1. The Balaban J connectivity index is 1.31. The number of unbranched alkanes of at least 4 members (excludes halogenated alkanes) is 4. The van der Waals surface area contributed by atoms with Crippen molar-refractivity contribution in [3.05, 3.63) is 61.3 Å². The minimum atomic E-state index is -5.59. The topological polar surface area (TPSA) is 381 Å². The van der Waals surface area contributed by atoms with Crippen molar-refractivity contribution >= 4 is 74.9 Å². The number of imidazole rings is 1. The van der Waals surface area contributed by atoms with Gasteiger partial charge in [-0.1, -0.05) is 87.9 Å². The predicted octanol–water partition coefficient (Wildman–Crippen LogP) is 3.99. The number of carbonyl (C=O) groups is 4. The Kier molecular flexibility index (Phi) is 25.6. The number of allylic oxidation sites excluding steroid dienone is 8. The van der Waals surface area contributed by atoms with Crippen molar-refractivity contribution < 1.29 is 85.3 Å². The van der Waals surface area contributed by atoms with Gasteiger partial charge < -0.3 is 50.9 Å². The molecule has 0 radical (unpaired) electrons. The molecule has 0 spiro atoms. The van der Waals surface area contributed by atoms with Crippen LogP contribution < -0.4 is 16.4 Å². The molecule has 1 aliphatic rings. The third-order valence-electron chi connectivity index (χ3n) is 9.94. The number of thioether (sulfide) groups is 1. The van der Waals surface area contributed by atoms with E-state index < -0.39 is 84.6 Å². The highest BCUT2D eigenvalue weighted by Crippen LogP contribution is 2.61. The molecule has 1 fully saturated rings. The fourth-order valence-electron chi connectivity index (χ4n) is 6.24. The summed E-state index contributed by atoms with van der Waals surface area (Å²) in [6.45, 7) is 2.59. The number of phosphoric acid groups is 3. The van der Waals surface area contributed by atoms with Crippen LogP contribution in [0.1, 0.15) is 91.2 Å². The third kappa shape index (κ3) is 22.3. The summed E-state index contributed by atoms with van der Waals surface area (Å²) >= 11 is 1.08. The Bertz CT molecular complexity index is 2310. The van der Waals surface area contributed by atoms with Gasteiger partial charge >= 0.3 is 23.5 Å². The number of amides is 2. The van der Waals surface area contributed by atoms with Gasteiger partial charge in [-0.3, -0.25) is 37.3 Å². The Hall–Kier alpha value is -3.81. The monoisotopic (exact) mass is 1070 g/mol. The average molecular weight is 1070 g/mol. The molecule has 1 aliphatic heterocycles. The van der Waals surface area contributed by atoms with Gasteiger partial charge in [-0.05, 0) is 38.2 Å². The maximum Gasteiger partial charge on any atom is 0.481 e. The summed E-state index contributed by atoms with van der Waals surface area (Å²) in [4.78, 5) is 100. The van der Waals surface area contributed by atoms with E-state index in [1.54, 1.807) is 12.2 Å². The van der Waals surface area contributed by atoms with Gasteiger partial charge in [0.1, 0.15) is 36.3 Å². The van der Waals surface area contributed by atoms with Crippen molar-refractivity contribution in [1.29, 1.82) is 0 Å². The van der Waals surface area contributed by atoms with Crippen LogP contribution in [0.15, 0.2) is 61.3 Å². The number of ketones is 1. The largest absolute Gasteiger partial charge is 0.481 e. The number of phosphoric ester groups is 3. The highest BCUT2D eigenvalue weighted by Gasteiger charge is 2.50. The van der Waals surface area contributed by atoms with E-state index in [0.29, 0.717) is 37.9 Å². The third-order valence-corrected chi connectivity index (χ3v) is 14.0. The first-order valence-electron chi connectivity index (χ1n) is 22.2. The van der Waals surface area contributed by atoms with Gasteiger partial charge in [0.25, 0.3) is 0 Å². The van der Waals surface area contributed by atoms with Crippen LogP contribution >= 0.6 is 35.2 Å². The molecule has 7 atom stereocenters. The van der Waals surface area contributed by atoms with E-state index in [4.69, 9.17) is 19.5 Å². The lowest BCUT2D eigenvalue weighted by molar-refractivity contribution is -0.137. The number of ether oxygens (including phenoxy) is 1. The highest BCUT2D eigenvalue weighted by molar-refractivity contribution is 8.13. The number of hydrogen-bond acceptors (Lipinski definition) is 19. The van der Waals surface area contributed by atoms with Crippen molar-refractivity contribution in [2.24, 2.45) is 5.41 Å². The standard InChI is InChI=1S/C41H64N7O18P3S/c1-4-5-6-7-9-12-15-18-29(49)19-16-13-10-8-11-14-17-20-32(51)70-24-23-43-31(50)21-22-44-39(54)36(53)41(2,3)26-63-69(60,61)66-68(58,59)62-25-30-35(65-67(55,56)57)34(52)40(64-30)48-28-47-33-37(42)45-27-46-38(33)48/h8-9,11-13,15-16,18,27-28,30,34-36,40,52-53H,4-7,10,14,17,19-26H2,1-3H3,(H,43,50)(H,44,54)(H,58,59)(H,60,61)(H2,42,45,46)(H2,55,56,57)/b11-8-,12-9-,16-13-,18-15+/t30-,34-,35-,36+,40-/m1/s1. The molecule has 1 saturated heterocycles. The number of hydrogen-bond donors (Lipinski definition) is 9. The molecule has 70 heavy (non-hydrogen) atoms. The van der Waals surface area contributed by atoms with Crippen molar-refractivity contribution in [3.63, 3.8) is 0 Å². The molecule has 392 valence electrons. The van der Waals surface area contributed by atoms with E-state index >= 15 is 0 Å². The van der Waals surface area contributed by atoms with Gasteiger partial charge in [-0.25, -0.2) is 28.6 Å². The molecule has 0 bridgehead atoms. The number of aliphatic hydroxyl groups excluding tert-OH is 2. The van der Waals surface area contributed by atoms with Gasteiger partial charge in [-0.2, -0.15) is 4.31 Å². The summed E-state index contributed by atoms with van der Waals surface area (Å²) in [5.74, 6) is -1.12. The fourth-order valence-corrected chi connectivity index (χ4v) is 9.79. The summed E-state index contributed by atoms with van der Waals surface area (Å²) in [6.07, 6.45) is 15.3. The number of nitrogens with zero attached hydrogens (tertiary/aromatic N) is 4. The van der Waals surface area contributed by atoms with Crippen molar-refractivity contribution in [2.75, 3.05) is 37.8 Å². The molecule has 2 unspecified atom stereocenters. The second kappa shape index (κ2) is 29.6. The minimum Gasteiger partial charge on any atom is -0.386 e. The zero-order chi connectivity index (χ0) is 52.0. The van der Waals surface area contributed by atoms with E-state index in [1.807, 2.05) is 30.4 Å². The van der Waals surface area contributed by atoms with Gasteiger partial charge in [0, 0.05) is 43.5 Å². The number of fused-ring (bicyclic) bond motifs is 1. The number of nitrogens with two attached hydrogens (primary N) is 1. The van der Waals surface area contributed by atoms with Crippen LogP contribution in [0.3, 0.4) is 0 Å². The van der Waals surface area contributed by atoms with Crippen molar-refractivity contribution in [1.82, 2.24) is 30.2 Å². The van der Waals surface area contributed by atoms with E-state index in [9.17, 15) is 62.7 Å². The molecule has 3 heterocycles. The molecule has 3 rings (SSSR count). The van der Waals surface area contributed by atoms with Crippen LogP contribution in [-0.4, -0.2) is 128 Å². The smallest absolute Gasteiger partial charge is 0.386 e. The zero-order valence-electron chi connectivity index (χ0n) is 39.0. The summed E-state index contributed by atoms with van der Waals surface area (Å²) in [7, 11) is -16.4. The van der Waals surface area contributed by atoms with Crippen LogP contribution in [0, 0.1) is 5.41 Å². The number of carbonyl (C=O) groups excluding carboxylic acids is 4. The second-order valence-electron chi connectivity index (χ2n) is 16.3. The van der Waals surface area contributed by atoms with E-state index in [0.717, 1.165) is 41.8 Å². The van der Waals surface area contributed by atoms with Crippen LogP contribution in [0.5, 0.6) is 0 Å². The summed E-state index contributed by atoms with van der Waals surface area (Å²) in [5.41, 5.74) is 4.25. The molecular formula is C41H64N7O18P3S. The highest BCUT2D eigenvalue weighted by atomic mass is 32.2. The molecule has 10 N–H and O–H groups in total. The number of nitrogen functional groups attached to an aromatic ring is 1. The lowest BCUT2D eigenvalue weighted by atomic mass is 9.87. The maximum absolute atomic E-state index is 12.7. The number of rotatable bonds is 33. The molecule has 2 aromatic heterocycles. The molecular weight excluding hydrogens is 1000 g/mol. The average Bonchev–Trinajstić information content (AvgIpc) is 3.85. The van der Waals surface area contributed by atoms with Crippen LogP contribution in [0.4, 0.5) is 5.82 Å². The maximum atomic E-state index is 12.7. The molecule has 2 amide bonds. The lowest BCUT2D eigenvalue weighted by Gasteiger charge is -2.30. The Morgan fingerprint density at radius 2 is 1.64 bits per heavy atom. The first-order valence-corrected chi connectivity index (χ1v) is 27.7. The van der Waals surface area contributed by atoms with Crippen LogP contribution in [0.25, 0.3) is 11.2 Å². The first kappa shape index (κ1) is 60.5. The van der Waals surface area contributed by atoms with E-state index in [2.05, 4.69) is 47.4 Å². The number of aliphatic hydroxyl groups is 2. The SMILES string of the molecule is CCCCC/C=C\C=C\C(=O)C/C=C\C/C=C\CCCC(=O)SCCNC(=O)CCNC(=O)[C@H](O)C(C)(C)COP(=O)(O)OP(=O)(O)OC[C@H]1O[C@@H](n2cnc3c(N)ncnc32)[C@H](O)[C@@H]1OP(=O)(O)O. The van der Waals surface area contributed by atoms with Crippen molar-refractivity contribution in [2.45, 2.75) is 116 Å². The van der Waals surface area contributed by atoms with Gasteiger partial charge in [0.05, 0.1) is 19.5 Å². The summed E-state index contributed by atoms with van der Waals surface area (Å²) in [6, 6.07) is 0. The normalized spacial score (nSPS) is 20.1. The van der Waals surface area contributed by atoms with Gasteiger partial charge in [0.2, 0.25) is 11.8 Å².